The van der Waals surface area contributed by atoms with E-state index in [1.54, 1.807) is 17.0 Å². The number of amidine groups is 1. The van der Waals surface area contributed by atoms with Crippen molar-refractivity contribution in [3.63, 3.8) is 0 Å². The molecule has 2 fully saturated rings. The minimum absolute atomic E-state index is 0.00708. The fourth-order valence-electron chi connectivity index (χ4n) is 3.61. The molecule has 2 aliphatic rings. The Morgan fingerprint density at radius 1 is 1.21 bits per heavy atom. The lowest BCUT2D eigenvalue weighted by molar-refractivity contribution is -0.117. The van der Waals surface area contributed by atoms with Gasteiger partial charge in [-0.25, -0.2) is 12.8 Å². The van der Waals surface area contributed by atoms with Crippen LogP contribution in [0.25, 0.3) is 0 Å². The maximum Gasteiger partial charge on any atom is 0.252 e. The van der Waals surface area contributed by atoms with Gasteiger partial charge in [0, 0.05) is 10.9 Å². The number of halogens is 1. The summed E-state index contributed by atoms with van der Waals surface area (Å²) in [5.41, 5.74) is 2.59. The van der Waals surface area contributed by atoms with Crippen LogP contribution in [0.1, 0.15) is 11.1 Å². The summed E-state index contributed by atoms with van der Waals surface area (Å²) in [6, 6.07) is 13.2. The van der Waals surface area contributed by atoms with Gasteiger partial charge < -0.3 is 4.90 Å². The van der Waals surface area contributed by atoms with E-state index >= 15 is 0 Å². The smallest absolute Gasteiger partial charge is 0.252 e. The first-order valence-corrected chi connectivity index (χ1v) is 11.6. The molecule has 2 aromatic carbocycles. The van der Waals surface area contributed by atoms with Gasteiger partial charge in [-0.15, -0.1) is 0 Å². The molecule has 2 aromatic rings. The van der Waals surface area contributed by atoms with E-state index in [0.717, 1.165) is 11.1 Å². The molecule has 2 aliphatic heterocycles. The van der Waals surface area contributed by atoms with Crippen molar-refractivity contribution in [1.82, 2.24) is 0 Å². The Bertz CT molecular complexity index is 1050. The first kappa shape index (κ1) is 19.1. The first-order chi connectivity index (χ1) is 13.3. The van der Waals surface area contributed by atoms with Gasteiger partial charge in [-0.2, -0.15) is 4.99 Å². The van der Waals surface area contributed by atoms with Gasteiger partial charge in [-0.3, -0.25) is 4.79 Å². The van der Waals surface area contributed by atoms with Crippen LogP contribution in [-0.4, -0.2) is 42.3 Å². The zero-order valence-corrected chi connectivity index (χ0v) is 16.8. The summed E-state index contributed by atoms with van der Waals surface area (Å²) in [5, 5.41) is 0.301. The molecule has 1 amide bonds. The van der Waals surface area contributed by atoms with E-state index in [-0.39, 0.29) is 40.9 Å². The predicted molar refractivity (Wildman–Crippen MR) is 110 cm³/mol. The second-order valence-electron chi connectivity index (χ2n) is 7.10. The molecule has 0 N–H and O–H groups in total. The van der Waals surface area contributed by atoms with E-state index in [0.29, 0.717) is 10.9 Å². The Kier molecular flexibility index (Phi) is 5.01. The molecule has 0 radical (unpaired) electrons. The lowest BCUT2D eigenvalue weighted by Crippen LogP contribution is -2.37. The van der Waals surface area contributed by atoms with Crippen molar-refractivity contribution < 1.29 is 17.6 Å². The number of fused-ring (bicyclic) bond motifs is 1. The van der Waals surface area contributed by atoms with Crippen LogP contribution in [-0.2, 0) is 21.1 Å². The minimum Gasteiger partial charge on any atom is -0.316 e. The van der Waals surface area contributed by atoms with Crippen molar-refractivity contribution in [2.75, 3.05) is 16.4 Å². The van der Waals surface area contributed by atoms with Crippen molar-refractivity contribution in [2.45, 2.75) is 24.6 Å². The van der Waals surface area contributed by atoms with Crippen molar-refractivity contribution in [3.8, 4) is 0 Å². The van der Waals surface area contributed by atoms with Gasteiger partial charge in [-0.05, 0) is 36.8 Å². The first-order valence-electron chi connectivity index (χ1n) is 8.90. The number of hydrogen-bond donors (Lipinski definition) is 0. The van der Waals surface area contributed by atoms with Gasteiger partial charge in [0.05, 0.1) is 24.0 Å². The molecule has 0 aliphatic carbocycles. The normalized spacial score (nSPS) is 24.5. The fraction of sp³-hybridized carbons (Fsp3) is 0.300. The van der Waals surface area contributed by atoms with E-state index in [1.807, 2.05) is 31.2 Å². The summed E-state index contributed by atoms with van der Waals surface area (Å²) in [6.45, 7) is 1.96. The summed E-state index contributed by atoms with van der Waals surface area (Å²) in [4.78, 5) is 18.6. The quantitative estimate of drug-likeness (QED) is 0.767. The summed E-state index contributed by atoms with van der Waals surface area (Å²) >= 11 is 1.31. The van der Waals surface area contributed by atoms with Crippen LogP contribution in [0.2, 0.25) is 0 Å². The number of aliphatic imine (C=N–C) groups is 1. The van der Waals surface area contributed by atoms with Crippen molar-refractivity contribution in [2.24, 2.45) is 4.99 Å². The maximum atomic E-state index is 13.3. The lowest BCUT2D eigenvalue weighted by Gasteiger charge is -2.24. The van der Waals surface area contributed by atoms with Crippen LogP contribution < -0.4 is 4.90 Å². The van der Waals surface area contributed by atoms with Crippen LogP contribution in [0.15, 0.2) is 53.5 Å². The molecule has 2 atom stereocenters. The molecule has 2 heterocycles. The Balaban J connectivity index is 1.63. The molecule has 5 nitrogen and oxygen atoms in total. The predicted octanol–water partition coefficient (Wildman–Crippen LogP) is 2.98. The second-order valence-corrected chi connectivity index (χ2v) is 10.5. The Morgan fingerprint density at radius 3 is 2.68 bits per heavy atom. The van der Waals surface area contributed by atoms with E-state index in [4.69, 9.17) is 0 Å². The SMILES string of the molecule is Cc1cccc(CC(=O)N=C2S[C@H]3CS(=O)(=O)C[C@@H]3N2c2ccc(F)cc2)c1. The average Bonchev–Trinajstić information content (AvgIpc) is 3.06. The molecule has 4 rings (SSSR count). The van der Waals surface area contributed by atoms with Crippen LogP contribution >= 0.6 is 11.8 Å². The zero-order chi connectivity index (χ0) is 19.9. The number of sulfone groups is 1. The average molecular weight is 419 g/mol. The number of hydrogen-bond acceptors (Lipinski definition) is 4. The number of carbonyl (C=O) groups is 1. The van der Waals surface area contributed by atoms with Crippen molar-refractivity contribution in [3.05, 3.63) is 65.5 Å². The van der Waals surface area contributed by atoms with Crippen LogP contribution in [0.3, 0.4) is 0 Å². The number of amides is 1. The number of nitrogens with zero attached hydrogens (tertiary/aromatic N) is 2. The summed E-state index contributed by atoms with van der Waals surface area (Å²) < 4.78 is 37.5. The van der Waals surface area contributed by atoms with Crippen molar-refractivity contribution in [1.29, 1.82) is 0 Å². The van der Waals surface area contributed by atoms with Crippen molar-refractivity contribution >= 4 is 38.4 Å². The highest BCUT2D eigenvalue weighted by molar-refractivity contribution is 8.16. The third-order valence-electron chi connectivity index (χ3n) is 4.83. The van der Waals surface area contributed by atoms with Gasteiger partial charge in [0.25, 0.3) is 5.91 Å². The highest BCUT2D eigenvalue weighted by atomic mass is 32.2. The zero-order valence-electron chi connectivity index (χ0n) is 15.2. The number of carbonyl (C=O) groups excluding carboxylic acids is 1. The van der Waals surface area contributed by atoms with E-state index in [9.17, 15) is 17.6 Å². The van der Waals surface area contributed by atoms with Gasteiger partial charge in [0.1, 0.15) is 5.82 Å². The topological polar surface area (TPSA) is 66.8 Å². The molecule has 0 saturated carbocycles. The standard InChI is InChI=1S/C20H19FN2O3S2/c1-13-3-2-4-14(9-13)10-19(24)22-20-23(16-7-5-15(21)6-8-16)17-11-28(25,26)12-18(17)27-20/h2-9,17-18H,10-12H2,1H3/t17-,18-/m0/s1. The van der Waals surface area contributed by atoms with E-state index in [2.05, 4.69) is 4.99 Å². The molecule has 0 spiro atoms. The maximum absolute atomic E-state index is 13.3. The summed E-state index contributed by atoms with van der Waals surface area (Å²) in [7, 11) is -3.14. The molecule has 8 heteroatoms. The van der Waals surface area contributed by atoms with E-state index in [1.165, 1.54) is 23.9 Å². The molecule has 2 saturated heterocycles. The van der Waals surface area contributed by atoms with E-state index < -0.39 is 9.84 Å². The Labute approximate surface area is 167 Å². The molecule has 0 aromatic heterocycles. The fourth-order valence-corrected chi connectivity index (χ4v) is 7.54. The number of anilines is 1. The second kappa shape index (κ2) is 7.33. The molecule has 146 valence electrons. The molecule has 0 bridgehead atoms. The summed E-state index contributed by atoms with van der Waals surface area (Å²) in [6.07, 6.45) is 0.177. The van der Waals surface area contributed by atoms with Gasteiger partial charge in [0.2, 0.25) is 0 Å². The third-order valence-corrected chi connectivity index (χ3v) is 8.04. The lowest BCUT2D eigenvalue weighted by atomic mass is 10.1. The molecular weight excluding hydrogens is 399 g/mol. The van der Waals surface area contributed by atoms with Gasteiger partial charge in [-0.1, -0.05) is 41.6 Å². The monoisotopic (exact) mass is 418 g/mol. The Hall–Kier alpha value is -2.19. The molecular formula is C20H19FN2O3S2. The highest BCUT2D eigenvalue weighted by Gasteiger charge is 2.49. The Morgan fingerprint density at radius 2 is 1.96 bits per heavy atom. The van der Waals surface area contributed by atoms with Crippen LogP contribution in [0.5, 0.6) is 0 Å². The number of aryl methyl sites for hydroxylation is 1. The van der Waals surface area contributed by atoms with Gasteiger partial charge >= 0.3 is 0 Å². The summed E-state index contributed by atoms with van der Waals surface area (Å²) in [5.74, 6) is -0.596. The van der Waals surface area contributed by atoms with Gasteiger partial charge in [0.15, 0.2) is 15.0 Å². The third kappa shape index (κ3) is 3.98. The molecule has 28 heavy (non-hydrogen) atoms. The molecule has 0 unspecified atom stereocenters. The van der Waals surface area contributed by atoms with Crippen LogP contribution in [0, 0.1) is 12.7 Å². The number of benzene rings is 2. The number of rotatable bonds is 3. The largest absolute Gasteiger partial charge is 0.316 e. The van der Waals surface area contributed by atoms with Crippen LogP contribution in [0.4, 0.5) is 10.1 Å². The highest BCUT2D eigenvalue weighted by Crippen LogP contribution is 2.41. The minimum atomic E-state index is -3.14. The number of thioether (sulfide) groups is 1.